The molecule has 6 heteroatoms. The maximum Gasteiger partial charge on any atom is 0.332 e. The Morgan fingerprint density at radius 1 is 1.65 bits per heavy atom. The minimum absolute atomic E-state index is 0.462. The van der Waals surface area contributed by atoms with E-state index in [4.69, 9.17) is 15.2 Å². The van der Waals surface area contributed by atoms with E-state index in [1.165, 1.54) is 0 Å². The molecule has 0 spiro atoms. The average Bonchev–Trinajstić information content (AvgIpc) is 2.29. The molecule has 0 aliphatic carbocycles. The van der Waals surface area contributed by atoms with Crippen LogP contribution in [-0.2, 0) is 9.63 Å². The molecule has 1 rings (SSSR count). The smallest absolute Gasteiger partial charge is 0.332 e. The van der Waals surface area contributed by atoms with Gasteiger partial charge in [0.25, 0.3) is 0 Å². The summed E-state index contributed by atoms with van der Waals surface area (Å²) in [5, 5.41) is 17.5. The van der Waals surface area contributed by atoms with Gasteiger partial charge in [-0.2, -0.15) is 5.26 Å². The van der Waals surface area contributed by atoms with Crippen LogP contribution < -0.4 is 5.48 Å². The van der Waals surface area contributed by atoms with Crippen molar-refractivity contribution < 1.29 is 14.7 Å². The lowest BCUT2D eigenvalue weighted by Gasteiger charge is -2.09. The lowest BCUT2D eigenvalue weighted by molar-refractivity contribution is -0.141. The second-order valence-corrected chi connectivity index (χ2v) is 4.31. The first-order chi connectivity index (χ1) is 8.19. The molecule has 0 amide bonds. The van der Waals surface area contributed by atoms with E-state index in [-0.39, 0.29) is 0 Å². The number of carboxylic acid groups (broad SMARTS) is 1. The van der Waals surface area contributed by atoms with Gasteiger partial charge < -0.3 is 5.11 Å². The zero-order chi connectivity index (χ0) is 12.7. The number of anilines is 1. The van der Waals surface area contributed by atoms with Crippen LogP contribution in [0.5, 0.6) is 0 Å². The first-order valence-corrected chi connectivity index (χ1v) is 5.93. The zero-order valence-corrected chi connectivity index (χ0v) is 10.1. The van der Waals surface area contributed by atoms with Gasteiger partial charge in [0.1, 0.15) is 6.07 Å². The summed E-state index contributed by atoms with van der Waals surface area (Å²) in [5.41, 5.74) is 3.42. The van der Waals surface area contributed by atoms with Gasteiger partial charge in [-0.05, 0) is 17.9 Å². The van der Waals surface area contributed by atoms with Crippen molar-refractivity contribution in [1.82, 2.24) is 0 Å². The number of nitrogens with zero attached hydrogens (tertiary/aromatic N) is 1. The molecule has 2 N–H and O–H groups in total. The van der Waals surface area contributed by atoms with E-state index < -0.39 is 12.6 Å². The number of rotatable bonds is 6. The van der Waals surface area contributed by atoms with Crippen molar-refractivity contribution in [2.75, 3.05) is 17.8 Å². The molecule has 0 heterocycles. The fourth-order valence-corrected chi connectivity index (χ4v) is 1.97. The predicted molar refractivity (Wildman–Crippen MR) is 64.8 cm³/mol. The summed E-state index contributed by atoms with van der Waals surface area (Å²) in [7, 11) is 0. The molecule has 0 radical (unpaired) electrons. The highest BCUT2D eigenvalue weighted by atomic mass is 32.2. The number of hydrogen-bond acceptors (Lipinski definition) is 5. The largest absolute Gasteiger partial charge is 0.479 e. The summed E-state index contributed by atoms with van der Waals surface area (Å²) in [6, 6.07) is 7.37. The highest BCUT2D eigenvalue weighted by Crippen LogP contribution is 2.27. The molecular formula is C11H12N2O3S. The minimum atomic E-state index is -1.07. The number of benzene rings is 1. The average molecular weight is 252 g/mol. The van der Waals surface area contributed by atoms with E-state index >= 15 is 0 Å². The highest BCUT2D eigenvalue weighted by Gasteiger charge is 2.08. The third kappa shape index (κ3) is 3.98. The second-order valence-electron chi connectivity index (χ2n) is 3.01. The molecular weight excluding hydrogens is 240 g/mol. The number of nitriles is 1. The van der Waals surface area contributed by atoms with E-state index in [1.54, 1.807) is 23.9 Å². The summed E-state index contributed by atoms with van der Waals surface area (Å²) >= 11 is 1.55. The maximum atomic E-state index is 10.3. The van der Waals surface area contributed by atoms with Crippen LogP contribution in [0.3, 0.4) is 0 Å². The number of carbonyl (C=O) groups is 1. The summed E-state index contributed by atoms with van der Waals surface area (Å²) in [6.45, 7) is 1.53. The van der Waals surface area contributed by atoms with Gasteiger partial charge in [-0.25, -0.2) is 4.79 Å². The van der Waals surface area contributed by atoms with Gasteiger partial charge in [-0.3, -0.25) is 10.3 Å². The summed E-state index contributed by atoms with van der Waals surface area (Å²) in [6.07, 6.45) is 0. The Kier molecular flexibility index (Phi) is 5.33. The molecule has 0 aliphatic heterocycles. The molecule has 0 aromatic heterocycles. The van der Waals surface area contributed by atoms with Crippen LogP contribution in [0, 0.1) is 11.3 Å². The quantitative estimate of drug-likeness (QED) is 0.596. The van der Waals surface area contributed by atoms with E-state index in [9.17, 15) is 4.79 Å². The number of hydrogen-bond donors (Lipinski definition) is 2. The van der Waals surface area contributed by atoms with Crippen molar-refractivity contribution in [1.29, 1.82) is 5.26 Å². The summed E-state index contributed by atoms with van der Waals surface area (Å²) in [5.74, 6) is -0.219. The van der Waals surface area contributed by atoms with Crippen LogP contribution in [0.25, 0.3) is 0 Å². The third-order valence-corrected chi connectivity index (χ3v) is 2.76. The standard InChI is InChI=1S/C11H12N2O3S/c1-2-17-10-5-3-4-9(8(10)6-12)13-16-7-11(14)15/h3-5,13H,2,7H2,1H3,(H,14,15). The van der Waals surface area contributed by atoms with Crippen molar-refractivity contribution >= 4 is 23.4 Å². The molecule has 0 aliphatic rings. The SMILES string of the molecule is CCSc1cccc(NOCC(=O)O)c1C#N. The maximum absolute atomic E-state index is 10.3. The van der Waals surface area contributed by atoms with Gasteiger partial charge in [0.2, 0.25) is 0 Å². The van der Waals surface area contributed by atoms with E-state index in [0.717, 1.165) is 10.6 Å². The van der Waals surface area contributed by atoms with Crippen LogP contribution >= 0.6 is 11.8 Å². The normalized spacial score (nSPS) is 9.65. The molecule has 0 bridgehead atoms. The minimum Gasteiger partial charge on any atom is -0.479 e. The van der Waals surface area contributed by atoms with Crippen LogP contribution in [0.1, 0.15) is 12.5 Å². The van der Waals surface area contributed by atoms with E-state index in [1.807, 2.05) is 13.0 Å². The van der Waals surface area contributed by atoms with Gasteiger partial charge in [-0.1, -0.05) is 13.0 Å². The first-order valence-electron chi connectivity index (χ1n) is 4.94. The van der Waals surface area contributed by atoms with Gasteiger partial charge in [0, 0.05) is 4.90 Å². The first kappa shape index (κ1) is 13.4. The number of carboxylic acids is 1. The zero-order valence-electron chi connectivity index (χ0n) is 9.27. The van der Waals surface area contributed by atoms with Crippen molar-refractivity contribution in [2.45, 2.75) is 11.8 Å². The topological polar surface area (TPSA) is 82.3 Å². The molecule has 0 atom stereocenters. The van der Waals surface area contributed by atoms with Crippen LogP contribution in [0.4, 0.5) is 5.69 Å². The Morgan fingerprint density at radius 3 is 3.00 bits per heavy atom. The summed E-state index contributed by atoms with van der Waals surface area (Å²) in [4.78, 5) is 15.9. The number of nitrogens with one attached hydrogen (secondary N) is 1. The number of thioether (sulfide) groups is 1. The predicted octanol–water partition coefficient (Wildman–Crippen LogP) is 2.10. The molecule has 17 heavy (non-hydrogen) atoms. The molecule has 0 fully saturated rings. The van der Waals surface area contributed by atoms with Gasteiger partial charge in [0.15, 0.2) is 6.61 Å². The molecule has 5 nitrogen and oxygen atoms in total. The van der Waals surface area contributed by atoms with Crippen LogP contribution in [0.2, 0.25) is 0 Å². The summed E-state index contributed by atoms with van der Waals surface area (Å²) < 4.78 is 0. The molecule has 1 aromatic carbocycles. The van der Waals surface area contributed by atoms with Gasteiger partial charge in [-0.15, -0.1) is 11.8 Å². The van der Waals surface area contributed by atoms with Crippen LogP contribution in [-0.4, -0.2) is 23.4 Å². The van der Waals surface area contributed by atoms with Crippen molar-refractivity contribution in [3.8, 4) is 6.07 Å². The fraction of sp³-hybridized carbons (Fsp3) is 0.273. The van der Waals surface area contributed by atoms with Crippen molar-refractivity contribution in [3.63, 3.8) is 0 Å². The van der Waals surface area contributed by atoms with Crippen molar-refractivity contribution in [3.05, 3.63) is 23.8 Å². The van der Waals surface area contributed by atoms with Gasteiger partial charge >= 0.3 is 5.97 Å². The van der Waals surface area contributed by atoms with Crippen LogP contribution in [0.15, 0.2) is 23.1 Å². The third-order valence-electron chi connectivity index (χ3n) is 1.82. The number of aliphatic carboxylic acids is 1. The van der Waals surface area contributed by atoms with E-state index in [0.29, 0.717) is 11.3 Å². The van der Waals surface area contributed by atoms with Crippen molar-refractivity contribution in [2.24, 2.45) is 0 Å². The Morgan fingerprint density at radius 2 is 2.41 bits per heavy atom. The fourth-order valence-electron chi connectivity index (χ4n) is 1.18. The Hall–Kier alpha value is -1.71. The second kappa shape index (κ2) is 6.78. The molecule has 0 saturated heterocycles. The van der Waals surface area contributed by atoms with E-state index in [2.05, 4.69) is 11.5 Å². The molecule has 0 saturated carbocycles. The Bertz CT molecular complexity index is 443. The Labute approximate surface area is 103 Å². The highest BCUT2D eigenvalue weighted by molar-refractivity contribution is 7.99. The lowest BCUT2D eigenvalue weighted by atomic mass is 10.2. The molecule has 1 aromatic rings. The Balaban J connectivity index is 2.81. The monoisotopic (exact) mass is 252 g/mol. The van der Waals surface area contributed by atoms with Gasteiger partial charge in [0.05, 0.1) is 11.3 Å². The lowest BCUT2D eigenvalue weighted by Crippen LogP contribution is -2.12. The molecule has 0 unspecified atom stereocenters. The molecule has 90 valence electrons.